The number of carbonyl (C=O) groups is 2. The van der Waals surface area contributed by atoms with Gasteiger partial charge in [0.2, 0.25) is 5.91 Å². The summed E-state index contributed by atoms with van der Waals surface area (Å²) in [5.41, 5.74) is 1.02. The van der Waals surface area contributed by atoms with Crippen molar-refractivity contribution in [3.05, 3.63) is 53.1 Å². The molecule has 4 rings (SSSR count). The number of hydrogen-bond donors (Lipinski definition) is 1. The Balaban J connectivity index is 1.65. The summed E-state index contributed by atoms with van der Waals surface area (Å²) in [6.07, 6.45) is 7.83. The molecule has 1 saturated carbocycles. The van der Waals surface area contributed by atoms with Gasteiger partial charge >= 0.3 is 0 Å². The molecule has 1 aliphatic carbocycles. The highest BCUT2D eigenvalue weighted by Gasteiger charge is 2.48. The van der Waals surface area contributed by atoms with Gasteiger partial charge in [-0.25, -0.2) is 4.39 Å². The molecule has 0 unspecified atom stereocenters. The van der Waals surface area contributed by atoms with E-state index in [-0.39, 0.29) is 36.1 Å². The number of nitrogens with one attached hydrogen (secondary N) is 1. The minimum atomic E-state index is -1.10. The molecule has 33 heavy (non-hydrogen) atoms. The molecule has 0 radical (unpaired) electrons. The Bertz CT molecular complexity index is 992. The summed E-state index contributed by atoms with van der Waals surface area (Å²) in [6, 6.07) is 8.06. The van der Waals surface area contributed by atoms with E-state index >= 15 is 0 Å². The number of benzene rings is 1. The lowest BCUT2D eigenvalue weighted by molar-refractivity contribution is -0.134. The molecule has 2 amide bonds. The van der Waals surface area contributed by atoms with Gasteiger partial charge in [0.1, 0.15) is 17.1 Å². The van der Waals surface area contributed by atoms with Gasteiger partial charge in [-0.2, -0.15) is 5.10 Å². The molecule has 2 heterocycles. The Kier molecular flexibility index (Phi) is 6.86. The second kappa shape index (κ2) is 9.65. The number of carbonyl (C=O) groups excluding carboxylic acids is 2. The molecule has 6 nitrogen and oxygen atoms in total. The predicted molar refractivity (Wildman–Crippen MR) is 125 cm³/mol. The van der Waals surface area contributed by atoms with E-state index in [0.29, 0.717) is 12.2 Å². The molecule has 178 valence electrons. The van der Waals surface area contributed by atoms with Gasteiger partial charge in [-0.05, 0) is 49.4 Å². The van der Waals surface area contributed by atoms with Crippen molar-refractivity contribution in [2.24, 2.45) is 0 Å². The maximum absolute atomic E-state index is 13.7. The minimum Gasteiger partial charge on any atom is -0.351 e. The Morgan fingerprint density at radius 2 is 1.79 bits per heavy atom. The fourth-order valence-electron chi connectivity index (χ4n) is 4.91. The molecule has 7 heteroatoms. The Labute approximate surface area is 195 Å². The first kappa shape index (κ1) is 23.5. The van der Waals surface area contributed by atoms with Crippen LogP contribution in [0.25, 0.3) is 0 Å². The Hall–Kier alpha value is -2.70. The highest BCUT2D eigenvalue weighted by Crippen LogP contribution is 2.31. The van der Waals surface area contributed by atoms with Crippen LogP contribution in [-0.2, 0) is 17.9 Å². The smallest absolute Gasteiger partial charge is 0.273 e. The van der Waals surface area contributed by atoms with E-state index in [1.807, 2.05) is 26.8 Å². The number of fused-ring (bicyclic) bond motifs is 1. The maximum Gasteiger partial charge on any atom is 0.273 e. The van der Waals surface area contributed by atoms with Crippen LogP contribution in [0.4, 0.5) is 4.39 Å². The molecule has 1 atom stereocenters. The van der Waals surface area contributed by atoms with E-state index in [9.17, 15) is 14.0 Å². The highest BCUT2D eigenvalue weighted by molar-refractivity contribution is 5.99. The maximum atomic E-state index is 13.7. The van der Waals surface area contributed by atoms with Crippen molar-refractivity contribution < 1.29 is 14.0 Å². The molecule has 1 fully saturated rings. The van der Waals surface area contributed by atoms with Crippen LogP contribution in [0.1, 0.15) is 93.4 Å². The van der Waals surface area contributed by atoms with E-state index in [4.69, 9.17) is 0 Å². The second-order valence-electron chi connectivity index (χ2n) is 10.1. The van der Waals surface area contributed by atoms with Crippen molar-refractivity contribution in [1.29, 1.82) is 0 Å². The lowest BCUT2D eigenvalue weighted by Crippen LogP contribution is -2.64. The van der Waals surface area contributed by atoms with Crippen LogP contribution in [0.15, 0.2) is 30.3 Å². The number of rotatable bonds is 5. The van der Waals surface area contributed by atoms with Gasteiger partial charge in [-0.3, -0.25) is 14.3 Å². The molecular weight excluding hydrogens is 419 g/mol. The zero-order chi connectivity index (χ0) is 23.6. The van der Waals surface area contributed by atoms with E-state index < -0.39 is 5.54 Å². The van der Waals surface area contributed by atoms with Gasteiger partial charge < -0.3 is 10.2 Å². The van der Waals surface area contributed by atoms with Crippen molar-refractivity contribution >= 4 is 11.8 Å². The zero-order valence-corrected chi connectivity index (χ0v) is 19.9. The topological polar surface area (TPSA) is 67.2 Å². The third kappa shape index (κ3) is 4.97. The summed E-state index contributed by atoms with van der Waals surface area (Å²) in [5.74, 6) is -0.513. The van der Waals surface area contributed by atoms with Crippen LogP contribution in [-0.4, -0.2) is 38.1 Å². The van der Waals surface area contributed by atoms with Crippen LogP contribution in [0.2, 0.25) is 0 Å². The molecule has 1 N–H and O–H groups in total. The highest BCUT2D eigenvalue weighted by atomic mass is 19.1. The average molecular weight is 455 g/mol. The van der Waals surface area contributed by atoms with Crippen LogP contribution in [0, 0.1) is 5.82 Å². The molecule has 0 bridgehead atoms. The average Bonchev–Trinajstić information content (AvgIpc) is 3.18. The first-order valence-corrected chi connectivity index (χ1v) is 12.2. The summed E-state index contributed by atoms with van der Waals surface area (Å²) >= 11 is 0. The third-order valence-corrected chi connectivity index (χ3v) is 7.09. The molecule has 2 aromatic rings. The largest absolute Gasteiger partial charge is 0.351 e. The van der Waals surface area contributed by atoms with E-state index in [0.717, 1.165) is 36.9 Å². The monoisotopic (exact) mass is 454 g/mol. The number of aromatic nitrogens is 2. The first-order valence-electron chi connectivity index (χ1n) is 12.2. The second-order valence-corrected chi connectivity index (χ2v) is 10.1. The molecule has 0 saturated heterocycles. The molecule has 1 aromatic heterocycles. The van der Waals surface area contributed by atoms with Crippen LogP contribution < -0.4 is 5.32 Å². The van der Waals surface area contributed by atoms with Crippen molar-refractivity contribution in [2.45, 2.75) is 96.3 Å². The minimum absolute atomic E-state index is 0.127. The number of amides is 2. The number of halogens is 1. The van der Waals surface area contributed by atoms with Crippen molar-refractivity contribution in [2.75, 3.05) is 0 Å². The van der Waals surface area contributed by atoms with Crippen molar-refractivity contribution in [1.82, 2.24) is 20.0 Å². The van der Waals surface area contributed by atoms with Crippen molar-refractivity contribution in [3.8, 4) is 0 Å². The summed E-state index contributed by atoms with van der Waals surface area (Å²) in [6.45, 7) is 6.42. The quantitative estimate of drug-likeness (QED) is 0.706. The molecule has 1 aromatic carbocycles. The van der Waals surface area contributed by atoms with Gasteiger partial charge in [0, 0.05) is 12.6 Å². The van der Waals surface area contributed by atoms with E-state index in [2.05, 4.69) is 10.4 Å². The number of hydrogen-bond acceptors (Lipinski definition) is 3. The fraction of sp³-hybridized carbons (Fsp3) is 0.577. The summed E-state index contributed by atoms with van der Waals surface area (Å²) in [5, 5.41) is 7.91. The van der Waals surface area contributed by atoms with Gasteiger partial charge in [0.25, 0.3) is 5.91 Å². The Morgan fingerprint density at radius 3 is 2.42 bits per heavy atom. The zero-order valence-electron chi connectivity index (χ0n) is 19.9. The van der Waals surface area contributed by atoms with Gasteiger partial charge in [-0.1, -0.05) is 58.1 Å². The lowest BCUT2D eigenvalue weighted by atomic mass is 9.91. The van der Waals surface area contributed by atoms with Crippen molar-refractivity contribution in [3.63, 3.8) is 0 Å². The van der Waals surface area contributed by atoms with Gasteiger partial charge in [-0.15, -0.1) is 0 Å². The Morgan fingerprint density at radius 1 is 1.15 bits per heavy atom. The number of nitrogens with zero attached hydrogens (tertiary/aromatic N) is 3. The van der Waals surface area contributed by atoms with Gasteiger partial charge in [0.05, 0.1) is 12.2 Å². The first-order chi connectivity index (χ1) is 15.8. The van der Waals surface area contributed by atoms with E-state index in [1.54, 1.807) is 21.7 Å². The summed E-state index contributed by atoms with van der Waals surface area (Å²) in [4.78, 5) is 29.0. The van der Waals surface area contributed by atoms with Gasteiger partial charge in [0.15, 0.2) is 0 Å². The standard InChI is InChI=1S/C26H35FN4O2/c1-18(2)22-15-23-24(32)30(16-19-11-13-20(27)14-12-19)26(3,17-31(23)29-22)25(33)28-21-9-7-5-4-6-8-10-21/h11-15,18,21H,4-10,16-17H2,1-3H3,(H,28,33)/t26-/m1/s1. The summed E-state index contributed by atoms with van der Waals surface area (Å²) < 4.78 is 15.2. The van der Waals surface area contributed by atoms with Crippen LogP contribution >= 0.6 is 0 Å². The molecular formula is C26H35FN4O2. The van der Waals surface area contributed by atoms with Crippen LogP contribution in [0.3, 0.4) is 0 Å². The third-order valence-electron chi connectivity index (χ3n) is 7.09. The van der Waals surface area contributed by atoms with Crippen LogP contribution in [0.5, 0.6) is 0 Å². The molecule has 1 aliphatic heterocycles. The predicted octanol–water partition coefficient (Wildman–Crippen LogP) is 4.79. The SMILES string of the molecule is CC(C)c1cc2n(n1)C[C@](C)(C(=O)NC1CCCCCCC1)N(Cc1ccc(F)cc1)C2=O. The normalized spacial score (nSPS) is 22.1. The molecule has 2 aliphatic rings. The lowest BCUT2D eigenvalue weighted by Gasteiger charge is -2.44. The molecule has 0 spiro atoms. The fourth-order valence-corrected chi connectivity index (χ4v) is 4.91. The van der Waals surface area contributed by atoms with E-state index in [1.165, 1.54) is 31.4 Å². The summed E-state index contributed by atoms with van der Waals surface area (Å²) in [7, 11) is 0.